The largest absolute Gasteiger partial charge is 0.444 e. The van der Waals surface area contributed by atoms with E-state index in [1.165, 1.54) is 4.90 Å². The van der Waals surface area contributed by atoms with Gasteiger partial charge in [0, 0.05) is 23.8 Å². The maximum atomic E-state index is 12.1. The first-order chi connectivity index (χ1) is 8.70. The minimum absolute atomic E-state index is 0.100. The molecule has 0 aromatic carbocycles. The minimum Gasteiger partial charge on any atom is -0.444 e. The van der Waals surface area contributed by atoms with Crippen molar-refractivity contribution in [2.45, 2.75) is 53.6 Å². The number of nitrogens with zero attached hydrogens (tertiary/aromatic N) is 1. The van der Waals surface area contributed by atoms with Crippen LogP contribution in [0.15, 0.2) is 0 Å². The van der Waals surface area contributed by atoms with E-state index in [1.807, 2.05) is 20.8 Å². The molecule has 0 aromatic rings. The van der Waals surface area contributed by atoms with E-state index in [9.17, 15) is 13.2 Å². The van der Waals surface area contributed by atoms with Crippen LogP contribution in [0.4, 0.5) is 4.79 Å². The van der Waals surface area contributed by atoms with Crippen molar-refractivity contribution in [3.63, 3.8) is 0 Å². The standard InChI is InChI=1S/C13H26ClNO4S/c1-12(2,3)10-15(8-7-9-20(14,17)18)11(16)19-13(4,5)6/h7-10H2,1-6H3. The van der Waals surface area contributed by atoms with E-state index in [1.54, 1.807) is 20.8 Å². The van der Waals surface area contributed by atoms with Crippen molar-refractivity contribution in [2.24, 2.45) is 5.41 Å². The highest BCUT2D eigenvalue weighted by Crippen LogP contribution is 2.18. The van der Waals surface area contributed by atoms with Crippen molar-refractivity contribution < 1.29 is 17.9 Å². The Hall–Kier alpha value is -0.490. The lowest BCUT2D eigenvalue weighted by Crippen LogP contribution is -2.42. The molecule has 5 nitrogen and oxygen atoms in total. The molecule has 0 aromatic heterocycles. The van der Waals surface area contributed by atoms with Gasteiger partial charge < -0.3 is 9.64 Å². The van der Waals surface area contributed by atoms with E-state index in [4.69, 9.17) is 15.4 Å². The summed E-state index contributed by atoms with van der Waals surface area (Å²) in [4.78, 5) is 13.6. The molecule has 0 rings (SSSR count). The molecule has 0 heterocycles. The van der Waals surface area contributed by atoms with E-state index in [-0.39, 0.29) is 11.2 Å². The fraction of sp³-hybridized carbons (Fsp3) is 0.923. The number of ether oxygens (including phenoxy) is 1. The van der Waals surface area contributed by atoms with Gasteiger partial charge in [0.25, 0.3) is 0 Å². The molecule has 0 N–H and O–H groups in total. The molecule has 120 valence electrons. The topological polar surface area (TPSA) is 63.7 Å². The first-order valence-electron chi connectivity index (χ1n) is 6.60. The van der Waals surface area contributed by atoms with Crippen molar-refractivity contribution in [1.82, 2.24) is 4.90 Å². The Balaban J connectivity index is 4.69. The summed E-state index contributed by atoms with van der Waals surface area (Å²) in [6.07, 6.45) is -0.138. The quantitative estimate of drug-likeness (QED) is 0.727. The highest BCUT2D eigenvalue weighted by Gasteiger charge is 2.26. The Morgan fingerprint density at radius 3 is 2.00 bits per heavy atom. The number of amides is 1. The number of hydrogen-bond donors (Lipinski definition) is 0. The van der Waals surface area contributed by atoms with Crippen LogP contribution in [0.2, 0.25) is 0 Å². The van der Waals surface area contributed by atoms with Crippen LogP contribution < -0.4 is 0 Å². The average Bonchev–Trinajstić information content (AvgIpc) is 2.09. The Morgan fingerprint density at radius 2 is 1.65 bits per heavy atom. The zero-order valence-corrected chi connectivity index (χ0v) is 14.8. The number of carbonyl (C=O) groups excluding carboxylic acids is 1. The second-order valence-corrected chi connectivity index (χ2v) is 9.96. The second-order valence-electron chi connectivity index (χ2n) is 7.06. The third-order valence-electron chi connectivity index (χ3n) is 2.13. The summed E-state index contributed by atoms with van der Waals surface area (Å²) in [5.41, 5.74) is -0.678. The zero-order valence-electron chi connectivity index (χ0n) is 13.2. The molecule has 7 heteroatoms. The Morgan fingerprint density at radius 1 is 1.15 bits per heavy atom. The Bertz CT molecular complexity index is 421. The lowest BCUT2D eigenvalue weighted by molar-refractivity contribution is 0.0189. The van der Waals surface area contributed by atoms with Crippen LogP contribution in [-0.4, -0.2) is 43.9 Å². The van der Waals surface area contributed by atoms with Gasteiger partial charge in [0.1, 0.15) is 5.60 Å². The summed E-state index contributed by atoms with van der Waals surface area (Å²) < 4.78 is 27.2. The molecule has 1 amide bonds. The fourth-order valence-electron chi connectivity index (χ4n) is 1.56. The van der Waals surface area contributed by atoms with Gasteiger partial charge in [-0.05, 0) is 32.6 Å². The first kappa shape index (κ1) is 19.5. The molecule has 0 bridgehead atoms. The van der Waals surface area contributed by atoms with Crippen LogP contribution >= 0.6 is 10.7 Å². The SMILES string of the molecule is CC(C)(C)CN(CCCS(=O)(=O)Cl)C(=O)OC(C)(C)C. The molecule has 0 radical (unpaired) electrons. The van der Waals surface area contributed by atoms with Gasteiger partial charge in [-0.3, -0.25) is 0 Å². The van der Waals surface area contributed by atoms with Gasteiger partial charge in [0.15, 0.2) is 0 Å². The molecule has 0 unspecified atom stereocenters. The molecule has 0 aliphatic rings. The third kappa shape index (κ3) is 11.3. The predicted molar refractivity (Wildman–Crippen MR) is 81.5 cm³/mol. The van der Waals surface area contributed by atoms with Crippen LogP contribution in [0.1, 0.15) is 48.0 Å². The maximum Gasteiger partial charge on any atom is 0.410 e. The average molecular weight is 328 g/mol. The van der Waals surface area contributed by atoms with E-state index < -0.39 is 20.7 Å². The van der Waals surface area contributed by atoms with Gasteiger partial charge >= 0.3 is 6.09 Å². The van der Waals surface area contributed by atoms with Crippen molar-refractivity contribution in [2.75, 3.05) is 18.8 Å². The van der Waals surface area contributed by atoms with Crippen molar-refractivity contribution >= 4 is 25.8 Å². The molecule has 0 atom stereocenters. The molecular formula is C13H26ClNO4S. The summed E-state index contributed by atoms with van der Waals surface area (Å²) in [6, 6.07) is 0. The second kappa shape index (κ2) is 6.98. The molecular weight excluding hydrogens is 302 g/mol. The summed E-state index contributed by atoms with van der Waals surface area (Å²) in [5.74, 6) is -0.155. The summed E-state index contributed by atoms with van der Waals surface area (Å²) in [6.45, 7) is 12.2. The van der Waals surface area contributed by atoms with Crippen molar-refractivity contribution in [1.29, 1.82) is 0 Å². The summed E-state index contributed by atoms with van der Waals surface area (Å²) in [5, 5.41) is 0. The Labute approximate surface area is 127 Å². The molecule has 0 saturated carbocycles. The van der Waals surface area contributed by atoms with Crippen molar-refractivity contribution in [3.05, 3.63) is 0 Å². The molecule has 0 saturated heterocycles. The van der Waals surface area contributed by atoms with Crippen LogP contribution in [0.5, 0.6) is 0 Å². The van der Waals surface area contributed by atoms with Crippen molar-refractivity contribution in [3.8, 4) is 0 Å². The van der Waals surface area contributed by atoms with Gasteiger partial charge in [-0.15, -0.1) is 0 Å². The molecule has 0 fully saturated rings. The highest BCUT2D eigenvalue weighted by molar-refractivity contribution is 8.13. The fourth-order valence-corrected chi connectivity index (χ4v) is 2.36. The lowest BCUT2D eigenvalue weighted by atomic mass is 9.96. The van der Waals surface area contributed by atoms with Gasteiger partial charge in [0.2, 0.25) is 9.05 Å². The number of carbonyl (C=O) groups is 1. The number of hydrogen-bond acceptors (Lipinski definition) is 4. The van der Waals surface area contributed by atoms with Gasteiger partial charge in [0.05, 0.1) is 5.75 Å². The van der Waals surface area contributed by atoms with E-state index >= 15 is 0 Å². The third-order valence-corrected chi connectivity index (χ3v) is 3.37. The van der Waals surface area contributed by atoms with E-state index in [0.717, 1.165) is 0 Å². The first-order valence-corrected chi connectivity index (χ1v) is 9.08. The van der Waals surface area contributed by atoms with E-state index in [0.29, 0.717) is 19.5 Å². The van der Waals surface area contributed by atoms with Gasteiger partial charge in [-0.25, -0.2) is 13.2 Å². The van der Waals surface area contributed by atoms with Gasteiger partial charge in [-0.2, -0.15) is 0 Å². The predicted octanol–water partition coefficient (Wildman–Crippen LogP) is 3.23. The summed E-state index contributed by atoms with van der Waals surface area (Å²) >= 11 is 0. The molecule has 20 heavy (non-hydrogen) atoms. The van der Waals surface area contributed by atoms with Crippen LogP contribution in [-0.2, 0) is 13.8 Å². The smallest absolute Gasteiger partial charge is 0.410 e. The summed E-state index contributed by atoms with van der Waals surface area (Å²) in [7, 11) is 1.64. The zero-order chi connectivity index (χ0) is 16.2. The Kier molecular flexibility index (Phi) is 6.81. The monoisotopic (exact) mass is 327 g/mol. The van der Waals surface area contributed by atoms with Gasteiger partial charge in [-0.1, -0.05) is 20.8 Å². The highest BCUT2D eigenvalue weighted by atomic mass is 35.7. The normalized spacial score (nSPS) is 13.2. The minimum atomic E-state index is -3.53. The van der Waals surface area contributed by atoms with Crippen LogP contribution in [0.25, 0.3) is 0 Å². The number of rotatable bonds is 5. The van der Waals surface area contributed by atoms with Crippen LogP contribution in [0, 0.1) is 5.41 Å². The van der Waals surface area contributed by atoms with E-state index in [2.05, 4.69) is 0 Å². The maximum absolute atomic E-state index is 12.1. The molecule has 0 aliphatic carbocycles. The molecule has 0 aliphatic heterocycles. The lowest BCUT2D eigenvalue weighted by Gasteiger charge is -2.32. The van der Waals surface area contributed by atoms with Crippen LogP contribution in [0.3, 0.4) is 0 Å². The molecule has 0 spiro atoms. The number of halogens is 1.